The smallest absolute Gasteiger partial charge is 0.227 e. The second-order valence-corrected chi connectivity index (χ2v) is 5.74. The lowest BCUT2D eigenvalue weighted by atomic mass is 10.0. The van der Waals surface area contributed by atoms with Crippen LogP contribution in [0.15, 0.2) is 42.5 Å². The van der Waals surface area contributed by atoms with Crippen LogP contribution in [0.4, 0.5) is 13.2 Å². The van der Waals surface area contributed by atoms with Gasteiger partial charge < -0.3 is 10.2 Å². The van der Waals surface area contributed by atoms with E-state index in [-0.39, 0.29) is 42.2 Å². The molecule has 1 amide bonds. The minimum Gasteiger partial charge on any atom is -0.333 e. The van der Waals surface area contributed by atoms with Gasteiger partial charge in [0.05, 0.1) is 12.5 Å². The first-order chi connectivity index (χ1) is 11.6. The molecule has 0 saturated carbocycles. The SMILES string of the molecule is Cl.O=C(Cc1c(F)cccc1F)N1CCNCC1c1cccc(F)c1. The molecule has 1 fully saturated rings. The Morgan fingerprint density at radius 2 is 1.80 bits per heavy atom. The molecule has 134 valence electrons. The van der Waals surface area contributed by atoms with Gasteiger partial charge in [0.25, 0.3) is 0 Å². The molecule has 25 heavy (non-hydrogen) atoms. The average molecular weight is 371 g/mol. The first-order valence-electron chi connectivity index (χ1n) is 7.75. The molecule has 0 aliphatic carbocycles. The van der Waals surface area contributed by atoms with Crippen LogP contribution in [0.3, 0.4) is 0 Å². The highest BCUT2D eigenvalue weighted by molar-refractivity contribution is 5.85. The number of carbonyl (C=O) groups is 1. The first kappa shape index (κ1) is 19.3. The van der Waals surface area contributed by atoms with Gasteiger partial charge in [-0.2, -0.15) is 0 Å². The highest BCUT2D eigenvalue weighted by Gasteiger charge is 2.29. The summed E-state index contributed by atoms with van der Waals surface area (Å²) in [5.41, 5.74) is 0.420. The zero-order valence-electron chi connectivity index (χ0n) is 13.3. The summed E-state index contributed by atoms with van der Waals surface area (Å²) in [7, 11) is 0. The Morgan fingerprint density at radius 1 is 1.12 bits per heavy atom. The van der Waals surface area contributed by atoms with Gasteiger partial charge in [-0.25, -0.2) is 13.2 Å². The number of rotatable bonds is 3. The van der Waals surface area contributed by atoms with Crippen LogP contribution in [-0.2, 0) is 11.2 Å². The normalized spacial score (nSPS) is 17.1. The van der Waals surface area contributed by atoms with Crippen LogP contribution in [0.5, 0.6) is 0 Å². The maximum absolute atomic E-state index is 13.8. The van der Waals surface area contributed by atoms with Crippen LogP contribution in [-0.4, -0.2) is 30.4 Å². The van der Waals surface area contributed by atoms with Crippen LogP contribution in [0.1, 0.15) is 17.2 Å². The van der Waals surface area contributed by atoms with E-state index in [0.717, 1.165) is 12.1 Å². The molecule has 0 spiro atoms. The van der Waals surface area contributed by atoms with E-state index in [4.69, 9.17) is 0 Å². The van der Waals surface area contributed by atoms with Crippen molar-refractivity contribution in [2.45, 2.75) is 12.5 Å². The van der Waals surface area contributed by atoms with E-state index < -0.39 is 11.6 Å². The molecule has 1 saturated heterocycles. The Kier molecular flexibility index (Phi) is 6.45. The number of nitrogens with one attached hydrogen (secondary N) is 1. The first-order valence-corrected chi connectivity index (χ1v) is 7.75. The lowest BCUT2D eigenvalue weighted by molar-refractivity contribution is -0.133. The Labute approximate surface area is 150 Å². The number of carbonyl (C=O) groups excluding carboxylic acids is 1. The fraction of sp³-hybridized carbons (Fsp3) is 0.278. The van der Waals surface area contributed by atoms with Crippen LogP contribution in [0.25, 0.3) is 0 Å². The summed E-state index contributed by atoms with van der Waals surface area (Å²) in [6, 6.07) is 9.20. The van der Waals surface area contributed by atoms with E-state index in [9.17, 15) is 18.0 Å². The minimum atomic E-state index is -0.735. The molecule has 1 aliphatic heterocycles. The summed E-state index contributed by atoms with van der Waals surface area (Å²) in [5, 5.41) is 3.16. The number of nitrogens with zero attached hydrogens (tertiary/aromatic N) is 1. The maximum atomic E-state index is 13.8. The van der Waals surface area contributed by atoms with Gasteiger partial charge in [0.15, 0.2) is 0 Å². The van der Waals surface area contributed by atoms with Crippen molar-refractivity contribution < 1.29 is 18.0 Å². The molecule has 2 aromatic rings. The number of hydrogen-bond acceptors (Lipinski definition) is 2. The molecular formula is C18H18ClF3N2O. The van der Waals surface area contributed by atoms with Crippen LogP contribution >= 0.6 is 12.4 Å². The van der Waals surface area contributed by atoms with Gasteiger partial charge in [-0.05, 0) is 29.8 Å². The number of piperazine rings is 1. The van der Waals surface area contributed by atoms with Crippen molar-refractivity contribution in [2.24, 2.45) is 0 Å². The van der Waals surface area contributed by atoms with E-state index in [2.05, 4.69) is 5.32 Å². The molecule has 1 atom stereocenters. The molecular weight excluding hydrogens is 353 g/mol. The van der Waals surface area contributed by atoms with Crippen LogP contribution in [0, 0.1) is 17.5 Å². The molecule has 2 aromatic carbocycles. The lowest BCUT2D eigenvalue weighted by Crippen LogP contribution is -2.49. The summed E-state index contributed by atoms with van der Waals surface area (Å²) in [6.07, 6.45) is -0.357. The molecule has 1 heterocycles. The third-order valence-corrected chi connectivity index (χ3v) is 4.19. The predicted molar refractivity (Wildman–Crippen MR) is 91.0 cm³/mol. The third kappa shape index (κ3) is 4.32. The van der Waals surface area contributed by atoms with Crippen molar-refractivity contribution in [3.05, 3.63) is 71.0 Å². The number of halogens is 4. The summed E-state index contributed by atoms with van der Waals surface area (Å²) >= 11 is 0. The van der Waals surface area contributed by atoms with Crippen molar-refractivity contribution >= 4 is 18.3 Å². The van der Waals surface area contributed by atoms with Crippen molar-refractivity contribution in [3.63, 3.8) is 0 Å². The van der Waals surface area contributed by atoms with Crippen LogP contribution < -0.4 is 5.32 Å². The third-order valence-electron chi connectivity index (χ3n) is 4.19. The van der Waals surface area contributed by atoms with Gasteiger partial charge in [-0.3, -0.25) is 4.79 Å². The zero-order chi connectivity index (χ0) is 17.1. The number of hydrogen-bond donors (Lipinski definition) is 1. The average Bonchev–Trinajstić information content (AvgIpc) is 2.58. The molecule has 3 nitrogen and oxygen atoms in total. The van der Waals surface area contributed by atoms with E-state index in [1.807, 2.05) is 0 Å². The van der Waals surface area contributed by atoms with Crippen molar-refractivity contribution in [2.75, 3.05) is 19.6 Å². The highest BCUT2D eigenvalue weighted by Crippen LogP contribution is 2.24. The van der Waals surface area contributed by atoms with Gasteiger partial charge in [0.1, 0.15) is 17.5 Å². The fourth-order valence-corrected chi connectivity index (χ4v) is 2.97. The summed E-state index contributed by atoms with van der Waals surface area (Å²) in [5.74, 6) is -2.23. The van der Waals surface area contributed by atoms with E-state index in [0.29, 0.717) is 25.2 Å². The van der Waals surface area contributed by atoms with E-state index in [1.54, 1.807) is 17.0 Å². The molecule has 7 heteroatoms. The topological polar surface area (TPSA) is 32.3 Å². The Morgan fingerprint density at radius 3 is 2.48 bits per heavy atom. The molecule has 0 bridgehead atoms. The lowest BCUT2D eigenvalue weighted by Gasteiger charge is -2.36. The largest absolute Gasteiger partial charge is 0.333 e. The van der Waals surface area contributed by atoms with Gasteiger partial charge in [0, 0.05) is 25.2 Å². The molecule has 1 aliphatic rings. The summed E-state index contributed by atoms with van der Waals surface area (Å²) in [4.78, 5) is 14.2. The molecule has 1 unspecified atom stereocenters. The molecule has 1 N–H and O–H groups in total. The van der Waals surface area contributed by atoms with Crippen molar-refractivity contribution in [3.8, 4) is 0 Å². The summed E-state index contributed by atoms with van der Waals surface area (Å²) < 4.78 is 41.0. The minimum absolute atomic E-state index is 0. The monoisotopic (exact) mass is 370 g/mol. The van der Waals surface area contributed by atoms with E-state index >= 15 is 0 Å². The molecule has 0 aromatic heterocycles. The van der Waals surface area contributed by atoms with Gasteiger partial charge in [-0.1, -0.05) is 18.2 Å². The van der Waals surface area contributed by atoms with E-state index in [1.165, 1.54) is 18.2 Å². The number of amides is 1. The number of benzene rings is 2. The highest BCUT2D eigenvalue weighted by atomic mass is 35.5. The van der Waals surface area contributed by atoms with Crippen molar-refractivity contribution in [1.82, 2.24) is 10.2 Å². The zero-order valence-corrected chi connectivity index (χ0v) is 14.2. The second-order valence-electron chi connectivity index (χ2n) is 5.74. The quantitative estimate of drug-likeness (QED) is 0.899. The van der Waals surface area contributed by atoms with Gasteiger partial charge in [0.2, 0.25) is 5.91 Å². The van der Waals surface area contributed by atoms with Crippen molar-refractivity contribution in [1.29, 1.82) is 0 Å². The molecule has 0 radical (unpaired) electrons. The Bertz CT molecular complexity index is 737. The standard InChI is InChI=1S/C18H17F3N2O.ClH/c19-13-4-1-3-12(9-13)17-11-22-7-8-23(17)18(24)10-14-15(20)5-2-6-16(14)21;/h1-6,9,17,22H,7-8,10-11H2;1H. The van der Waals surface area contributed by atoms with Gasteiger partial charge >= 0.3 is 0 Å². The Balaban J connectivity index is 0.00000225. The van der Waals surface area contributed by atoms with Crippen LogP contribution in [0.2, 0.25) is 0 Å². The predicted octanol–water partition coefficient (Wildman–Crippen LogP) is 3.24. The van der Waals surface area contributed by atoms with Gasteiger partial charge in [-0.15, -0.1) is 12.4 Å². The molecule has 3 rings (SSSR count). The Hall–Kier alpha value is -2.05. The second kappa shape index (κ2) is 8.36. The maximum Gasteiger partial charge on any atom is 0.227 e. The fourth-order valence-electron chi connectivity index (χ4n) is 2.97. The summed E-state index contributed by atoms with van der Waals surface area (Å²) in [6.45, 7) is 1.45.